The van der Waals surface area contributed by atoms with Crippen LogP contribution >= 0.6 is 0 Å². The molecular weight excluding hydrogens is 478 g/mol. The maximum Gasteiger partial charge on any atom is 0.256 e. The molecular formula is C26H33N5O4S. The van der Waals surface area contributed by atoms with E-state index >= 15 is 0 Å². The third kappa shape index (κ3) is 5.04. The Morgan fingerprint density at radius 3 is 2.42 bits per heavy atom. The first-order valence-corrected chi connectivity index (χ1v) is 14.4. The molecule has 1 aliphatic carbocycles. The van der Waals surface area contributed by atoms with Gasteiger partial charge in [0.25, 0.3) is 5.91 Å². The minimum atomic E-state index is -3.62. The van der Waals surface area contributed by atoms with Crippen molar-refractivity contribution in [3.8, 4) is 0 Å². The van der Waals surface area contributed by atoms with E-state index in [-0.39, 0.29) is 34.9 Å². The summed E-state index contributed by atoms with van der Waals surface area (Å²) < 4.78 is 26.7. The van der Waals surface area contributed by atoms with Crippen molar-refractivity contribution in [2.24, 2.45) is 5.92 Å². The zero-order valence-corrected chi connectivity index (χ0v) is 21.8. The zero-order chi connectivity index (χ0) is 25.6. The summed E-state index contributed by atoms with van der Waals surface area (Å²) in [6.45, 7) is 6.94. The zero-order valence-electron chi connectivity index (χ0n) is 21.0. The highest BCUT2D eigenvalue weighted by molar-refractivity contribution is 7.92. The van der Waals surface area contributed by atoms with Crippen molar-refractivity contribution >= 4 is 33.3 Å². The van der Waals surface area contributed by atoms with Crippen molar-refractivity contribution in [2.75, 3.05) is 48.6 Å². The van der Waals surface area contributed by atoms with Gasteiger partial charge in [0.1, 0.15) is 5.82 Å². The molecule has 0 spiro atoms. The second-order valence-electron chi connectivity index (χ2n) is 10.3. The summed E-state index contributed by atoms with van der Waals surface area (Å²) in [5, 5.41) is 2.85. The fourth-order valence-corrected chi connectivity index (χ4v) is 5.87. The Balaban J connectivity index is 1.33. The second kappa shape index (κ2) is 9.38. The molecule has 10 heteroatoms. The molecule has 36 heavy (non-hydrogen) atoms. The Morgan fingerprint density at radius 2 is 1.83 bits per heavy atom. The van der Waals surface area contributed by atoms with Gasteiger partial charge in [-0.05, 0) is 60.4 Å². The monoisotopic (exact) mass is 511 g/mol. The summed E-state index contributed by atoms with van der Waals surface area (Å²) in [4.78, 5) is 34.5. The van der Waals surface area contributed by atoms with Crippen LogP contribution in [0.1, 0.15) is 58.6 Å². The molecule has 9 nitrogen and oxygen atoms in total. The van der Waals surface area contributed by atoms with Crippen LogP contribution in [-0.4, -0.2) is 69.1 Å². The number of benzene rings is 1. The molecule has 2 atom stereocenters. The molecule has 3 fully saturated rings. The Kier molecular flexibility index (Phi) is 6.40. The van der Waals surface area contributed by atoms with Gasteiger partial charge in [-0.25, -0.2) is 13.4 Å². The maximum absolute atomic E-state index is 13.5. The smallest absolute Gasteiger partial charge is 0.256 e. The molecule has 2 aromatic rings. The first-order chi connectivity index (χ1) is 17.1. The number of nitrogens with zero attached hydrogens (tertiary/aromatic N) is 3. The molecule has 192 valence electrons. The number of amides is 2. The van der Waals surface area contributed by atoms with Crippen molar-refractivity contribution in [1.29, 1.82) is 0 Å². The van der Waals surface area contributed by atoms with Gasteiger partial charge < -0.3 is 15.1 Å². The summed E-state index contributed by atoms with van der Waals surface area (Å²) >= 11 is 0. The number of hydrogen-bond donors (Lipinski definition) is 2. The van der Waals surface area contributed by atoms with Gasteiger partial charge in [0.05, 0.1) is 23.4 Å². The summed E-state index contributed by atoms with van der Waals surface area (Å²) in [5.41, 5.74) is 3.65. The highest BCUT2D eigenvalue weighted by Crippen LogP contribution is 2.40. The number of nitrogens with one attached hydrogen (secondary N) is 2. The average Bonchev–Trinajstić information content (AvgIpc) is 3.62. The summed E-state index contributed by atoms with van der Waals surface area (Å²) in [6.07, 6.45) is 5.52. The summed E-state index contributed by atoms with van der Waals surface area (Å²) in [6, 6.07) is 7.26. The van der Waals surface area contributed by atoms with Crippen LogP contribution in [0.2, 0.25) is 0 Å². The van der Waals surface area contributed by atoms with Crippen molar-refractivity contribution < 1.29 is 18.0 Å². The molecule has 3 aliphatic rings. The van der Waals surface area contributed by atoms with Gasteiger partial charge in [-0.1, -0.05) is 19.1 Å². The molecule has 5 rings (SSSR count). The topological polar surface area (TPSA) is 112 Å². The van der Waals surface area contributed by atoms with Gasteiger partial charge in [-0.15, -0.1) is 0 Å². The van der Waals surface area contributed by atoms with Crippen LogP contribution in [0.3, 0.4) is 0 Å². The van der Waals surface area contributed by atoms with Gasteiger partial charge in [-0.2, -0.15) is 0 Å². The molecule has 2 amide bonds. The van der Waals surface area contributed by atoms with Crippen LogP contribution in [-0.2, 0) is 14.8 Å². The molecule has 2 N–H and O–H groups in total. The largest absolute Gasteiger partial charge is 0.355 e. The van der Waals surface area contributed by atoms with E-state index in [9.17, 15) is 18.0 Å². The molecule has 1 aromatic heterocycles. The van der Waals surface area contributed by atoms with Gasteiger partial charge in [-0.3, -0.25) is 14.3 Å². The number of pyridine rings is 1. The Hall–Kier alpha value is -3.14. The lowest BCUT2D eigenvalue weighted by molar-refractivity contribution is -0.120. The molecule has 2 saturated heterocycles. The van der Waals surface area contributed by atoms with E-state index in [1.807, 2.05) is 13.1 Å². The first-order valence-electron chi connectivity index (χ1n) is 12.5. The number of carbonyl (C=O) groups excluding carboxylic acids is 2. The van der Waals surface area contributed by atoms with Crippen LogP contribution in [0.25, 0.3) is 0 Å². The Bertz CT molecular complexity index is 1300. The minimum Gasteiger partial charge on any atom is -0.355 e. The molecule has 1 aromatic carbocycles. The number of anilines is 2. The first kappa shape index (κ1) is 24.5. The normalized spacial score (nSPS) is 22.5. The van der Waals surface area contributed by atoms with Crippen LogP contribution in [0.4, 0.5) is 11.5 Å². The Labute approximate surface area is 212 Å². The number of rotatable bonds is 6. The van der Waals surface area contributed by atoms with Gasteiger partial charge in [0.2, 0.25) is 15.9 Å². The summed E-state index contributed by atoms with van der Waals surface area (Å²) in [7, 11) is -3.62. The number of aromatic nitrogens is 1. The van der Waals surface area contributed by atoms with Gasteiger partial charge in [0.15, 0.2) is 0 Å². The van der Waals surface area contributed by atoms with Crippen LogP contribution < -0.4 is 14.9 Å². The standard InChI is InChI=1S/C26H33N5O4S/c1-16-12-20(18-4-5-18)15-27-24(16)30-8-10-31(11-9-30)26(33)21-7-6-19(13-22(21)29-36(3,34)35)23-17(2)14-28-25(23)32/h6-7,12-13,15,17-18,23,29H,4-5,8-11,14H2,1-3H3,(H,28,32)/t17?,23-/m1/s1. The van der Waals surface area contributed by atoms with Gasteiger partial charge >= 0.3 is 0 Å². The molecule has 2 aliphatic heterocycles. The Morgan fingerprint density at radius 1 is 1.11 bits per heavy atom. The SMILES string of the molecule is Cc1cc(C2CC2)cnc1N1CCN(C(=O)c2ccc([C@@H]3C(=O)NCC3C)cc2NS(C)(=O)=O)CC1. The second-order valence-corrected chi connectivity index (χ2v) is 12.1. The fraction of sp³-hybridized carbons (Fsp3) is 0.500. The van der Waals surface area contributed by atoms with Crippen molar-refractivity contribution in [1.82, 2.24) is 15.2 Å². The van der Waals surface area contributed by atoms with E-state index in [0.29, 0.717) is 44.2 Å². The lowest BCUT2D eigenvalue weighted by Crippen LogP contribution is -2.49. The molecule has 0 bridgehead atoms. The third-order valence-corrected chi connectivity index (χ3v) is 7.96. The minimum absolute atomic E-state index is 0.0774. The molecule has 3 heterocycles. The van der Waals surface area contributed by atoms with Crippen LogP contribution in [0.5, 0.6) is 0 Å². The predicted molar refractivity (Wildman–Crippen MR) is 139 cm³/mol. The lowest BCUT2D eigenvalue weighted by atomic mass is 9.88. The maximum atomic E-state index is 13.5. The van der Waals surface area contributed by atoms with Crippen LogP contribution in [0.15, 0.2) is 30.5 Å². The number of aryl methyl sites for hydroxylation is 1. The van der Waals surface area contributed by atoms with Crippen molar-refractivity contribution in [3.05, 3.63) is 52.7 Å². The highest BCUT2D eigenvalue weighted by atomic mass is 32.2. The molecule has 0 radical (unpaired) electrons. The van der Waals surface area contributed by atoms with E-state index in [1.54, 1.807) is 23.1 Å². The van der Waals surface area contributed by atoms with E-state index in [0.717, 1.165) is 17.6 Å². The number of hydrogen-bond acceptors (Lipinski definition) is 6. The summed E-state index contributed by atoms with van der Waals surface area (Å²) in [5.74, 6) is 1.00. The average molecular weight is 512 g/mol. The van der Waals surface area contributed by atoms with E-state index in [4.69, 9.17) is 4.98 Å². The number of piperazine rings is 1. The fourth-order valence-electron chi connectivity index (χ4n) is 5.31. The molecule has 1 unspecified atom stereocenters. The van der Waals surface area contributed by atoms with Crippen molar-refractivity contribution in [3.63, 3.8) is 0 Å². The highest BCUT2D eigenvalue weighted by Gasteiger charge is 2.34. The van der Waals surface area contributed by atoms with E-state index < -0.39 is 10.0 Å². The predicted octanol–water partition coefficient (Wildman–Crippen LogP) is 2.45. The van der Waals surface area contributed by atoms with E-state index in [1.165, 1.54) is 18.4 Å². The lowest BCUT2D eigenvalue weighted by Gasteiger charge is -2.36. The number of sulfonamides is 1. The number of carbonyl (C=O) groups is 2. The third-order valence-electron chi connectivity index (χ3n) is 7.37. The van der Waals surface area contributed by atoms with Crippen molar-refractivity contribution in [2.45, 2.75) is 38.5 Å². The quantitative estimate of drug-likeness (QED) is 0.616. The molecule has 1 saturated carbocycles. The van der Waals surface area contributed by atoms with Gasteiger partial charge in [0, 0.05) is 38.9 Å². The van der Waals surface area contributed by atoms with Crippen LogP contribution in [0, 0.1) is 12.8 Å². The van der Waals surface area contributed by atoms with E-state index in [2.05, 4.69) is 27.9 Å².